The van der Waals surface area contributed by atoms with Crippen molar-refractivity contribution in [3.63, 3.8) is 0 Å². The molecule has 2 nitrogen and oxygen atoms in total. The van der Waals surface area contributed by atoms with E-state index in [1.807, 2.05) is 0 Å². The second-order valence-electron chi connectivity index (χ2n) is 10.3. The van der Waals surface area contributed by atoms with E-state index in [1.165, 1.54) is 66.3 Å². The van der Waals surface area contributed by atoms with Crippen molar-refractivity contribution in [2.45, 2.75) is 0 Å². The Morgan fingerprint density at radius 2 is 0.900 bits per heavy atom. The average molecular weight is 511 g/mol. The van der Waals surface area contributed by atoms with Crippen LogP contribution in [-0.2, 0) is 0 Å². The summed E-state index contributed by atoms with van der Waals surface area (Å²) in [5.74, 6) is 0. The molecule has 0 spiro atoms. The summed E-state index contributed by atoms with van der Waals surface area (Å²) >= 11 is 0. The molecule has 8 rings (SSSR count). The monoisotopic (exact) mass is 510 g/mol. The number of hydrogen-bond donors (Lipinski definition) is 0. The van der Waals surface area contributed by atoms with Crippen molar-refractivity contribution in [3.05, 3.63) is 158 Å². The molecule has 40 heavy (non-hydrogen) atoms. The molecule has 0 saturated carbocycles. The van der Waals surface area contributed by atoms with Crippen LogP contribution in [0.15, 0.2) is 158 Å². The van der Waals surface area contributed by atoms with E-state index in [9.17, 15) is 0 Å². The molecule has 2 heteroatoms. The summed E-state index contributed by atoms with van der Waals surface area (Å²) in [6.45, 7) is 0. The van der Waals surface area contributed by atoms with Crippen LogP contribution < -0.4 is 0 Å². The van der Waals surface area contributed by atoms with Gasteiger partial charge in [0.25, 0.3) is 0 Å². The maximum absolute atomic E-state index is 2.42. The molecule has 6 aromatic carbocycles. The van der Waals surface area contributed by atoms with Gasteiger partial charge in [-0.1, -0.05) is 103 Å². The van der Waals surface area contributed by atoms with E-state index in [0.29, 0.717) is 0 Å². The zero-order valence-corrected chi connectivity index (χ0v) is 21.9. The first-order valence-electron chi connectivity index (χ1n) is 13.7. The normalized spacial score (nSPS) is 11.5. The number of fused-ring (bicyclic) bond motifs is 5. The number of aromatic nitrogens is 2. The number of hydrogen-bond acceptors (Lipinski definition) is 0. The summed E-state index contributed by atoms with van der Waals surface area (Å²) in [7, 11) is 0. The Labute approximate surface area is 233 Å². The molecule has 0 N–H and O–H groups in total. The molecule has 0 unspecified atom stereocenters. The second kappa shape index (κ2) is 9.14. The highest BCUT2D eigenvalue weighted by atomic mass is 15.0. The van der Waals surface area contributed by atoms with E-state index in [2.05, 4.69) is 167 Å². The summed E-state index contributed by atoms with van der Waals surface area (Å²) < 4.78 is 4.70. The first-order valence-corrected chi connectivity index (χ1v) is 13.7. The molecule has 0 aliphatic carbocycles. The van der Waals surface area contributed by atoms with E-state index in [1.54, 1.807) is 0 Å². The van der Waals surface area contributed by atoms with Crippen LogP contribution in [-0.4, -0.2) is 9.13 Å². The zero-order valence-electron chi connectivity index (χ0n) is 21.9. The molecular formula is C38H26N2. The molecule has 188 valence electrons. The van der Waals surface area contributed by atoms with Gasteiger partial charge in [0, 0.05) is 33.7 Å². The van der Waals surface area contributed by atoms with Crippen LogP contribution in [0, 0.1) is 0 Å². The van der Waals surface area contributed by atoms with Crippen molar-refractivity contribution < 1.29 is 0 Å². The van der Waals surface area contributed by atoms with Gasteiger partial charge in [-0.2, -0.15) is 0 Å². The van der Waals surface area contributed by atoms with Crippen molar-refractivity contribution in [3.8, 4) is 33.6 Å². The fraction of sp³-hybridized carbons (Fsp3) is 0. The van der Waals surface area contributed by atoms with Gasteiger partial charge in [-0.05, 0) is 70.8 Å². The van der Waals surface area contributed by atoms with Crippen molar-refractivity contribution in [2.24, 2.45) is 0 Å². The van der Waals surface area contributed by atoms with Gasteiger partial charge >= 0.3 is 0 Å². The maximum Gasteiger partial charge on any atom is 0.0635 e. The maximum atomic E-state index is 2.42. The van der Waals surface area contributed by atoms with Gasteiger partial charge in [-0.15, -0.1) is 0 Å². The van der Waals surface area contributed by atoms with Crippen molar-refractivity contribution in [2.75, 3.05) is 0 Å². The van der Waals surface area contributed by atoms with E-state index in [0.717, 1.165) is 0 Å². The highest BCUT2D eigenvalue weighted by Gasteiger charge is 2.17. The molecule has 0 aliphatic heterocycles. The van der Waals surface area contributed by atoms with Crippen LogP contribution in [0.2, 0.25) is 0 Å². The van der Waals surface area contributed by atoms with E-state index in [-0.39, 0.29) is 0 Å². The summed E-state index contributed by atoms with van der Waals surface area (Å²) in [6, 6.07) is 54.4. The molecule has 0 bridgehead atoms. The smallest absolute Gasteiger partial charge is 0.0635 e. The molecule has 8 aromatic rings. The lowest BCUT2D eigenvalue weighted by molar-refractivity contribution is 1.13. The third-order valence-electron chi connectivity index (χ3n) is 7.97. The molecule has 0 fully saturated rings. The standard InChI is InChI=1S/C38H26N2/c1-4-10-27(11-5-1)28-16-18-29(19-17-28)30-20-22-37-35(26-30)33-21-23-36-34(24-25-39(36)31-12-6-2-7-13-31)38(33)40(37)32-14-8-3-9-15-32/h1-26H. The van der Waals surface area contributed by atoms with Crippen LogP contribution >= 0.6 is 0 Å². The fourth-order valence-electron chi connectivity index (χ4n) is 6.05. The van der Waals surface area contributed by atoms with Gasteiger partial charge < -0.3 is 9.13 Å². The summed E-state index contributed by atoms with van der Waals surface area (Å²) in [6.07, 6.45) is 2.19. The average Bonchev–Trinajstić information content (AvgIpc) is 3.61. The van der Waals surface area contributed by atoms with Crippen LogP contribution in [0.4, 0.5) is 0 Å². The zero-order chi connectivity index (χ0) is 26.5. The van der Waals surface area contributed by atoms with Crippen LogP contribution in [0.5, 0.6) is 0 Å². The molecule has 2 heterocycles. The lowest BCUT2D eigenvalue weighted by Gasteiger charge is -2.10. The van der Waals surface area contributed by atoms with E-state index < -0.39 is 0 Å². The SMILES string of the molecule is c1ccc(-c2ccc(-c3ccc4c(c3)c3ccc5c(ccn5-c5ccccc5)c3n4-c3ccccc3)cc2)cc1. The quantitative estimate of drug-likeness (QED) is 0.223. The lowest BCUT2D eigenvalue weighted by Crippen LogP contribution is -1.94. The summed E-state index contributed by atoms with van der Waals surface area (Å²) in [5.41, 5.74) is 10.9. The predicted octanol–water partition coefficient (Wildman–Crippen LogP) is 10.1. The van der Waals surface area contributed by atoms with Gasteiger partial charge in [0.2, 0.25) is 0 Å². The predicted molar refractivity (Wildman–Crippen MR) is 168 cm³/mol. The summed E-state index contributed by atoms with van der Waals surface area (Å²) in [4.78, 5) is 0. The molecule has 0 aliphatic rings. The van der Waals surface area contributed by atoms with Gasteiger partial charge in [-0.3, -0.25) is 0 Å². The number of benzene rings is 6. The molecule has 0 atom stereocenters. The third kappa shape index (κ3) is 3.58. The second-order valence-corrected chi connectivity index (χ2v) is 10.3. The lowest BCUT2D eigenvalue weighted by atomic mass is 9.99. The molecule has 2 aromatic heterocycles. The molecule has 0 amide bonds. The molecule has 0 saturated heterocycles. The number of para-hydroxylation sites is 2. The largest absolute Gasteiger partial charge is 0.316 e. The fourth-order valence-corrected chi connectivity index (χ4v) is 6.05. The van der Waals surface area contributed by atoms with Gasteiger partial charge in [0.1, 0.15) is 0 Å². The Balaban J connectivity index is 1.35. The minimum atomic E-state index is 1.17. The van der Waals surface area contributed by atoms with Crippen LogP contribution in [0.25, 0.3) is 66.3 Å². The van der Waals surface area contributed by atoms with Crippen LogP contribution in [0.1, 0.15) is 0 Å². The van der Waals surface area contributed by atoms with Crippen LogP contribution in [0.3, 0.4) is 0 Å². The van der Waals surface area contributed by atoms with Gasteiger partial charge in [0.15, 0.2) is 0 Å². The first-order chi connectivity index (χ1) is 19.8. The number of rotatable bonds is 4. The minimum Gasteiger partial charge on any atom is -0.316 e. The van der Waals surface area contributed by atoms with Crippen molar-refractivity contribution in [1.82, 2.24) is 9.13 Å². The topological polar surface area (TPSA) is 9.86 Å². The Morgan fingerprint density at radius 1 is 0.350 bits per heavy atom. The Hall–Kier alpha value is -5.34. The van der Waals surface area contributed by atoms with E-state index >= 15 is 0 Å². The highest BCUT2D eigenvalue weighted by molar-refractivity contribution is 6.19. The molecule has 0 radical (unpaired) electrons. The van der Waals surface area contributed by atoms with Gasteiger partial charge in [0.05, 0.1) is 16.6 Å². The third-order valence-corrected chi connectivity index (χ3v) is 7.97. The van der Waals surface area contributed by atoms with Crippen molar-refractivity contribution in [1.29, 1.82) is 0 Å². The highest BCUT2D eigenvalue weighted by Crippen LogP contribution is 2.39. The van der Waals surface area contributed by atoms with Crippen molar-refractivity contribution >= 4 is 32.7 Å². The Kier molecular flexibility index (Phi) is 5.17. The first kappa shape index (κ1) is 22.6. The summed E-state index contributed by atoms with van der Waals surface area (Å²) in [5, 5.41) is 3.77. The Morgan fingerprint density at radius 3 is 1.60 bits per heavy atom. The Bertz CT molecular complexity index is 2120. The molecular weight excluding hydrogens is 484 g/mol. The van der Waals surface area contributed by atoms with Gasteiger partial charge in [-0.25, -0.2) is 0 Å². The number of nitrogens with zero attached hydrogens (tertiary/aromatic N) is 2. The van der Waals surface area contributed by atoms with E-state index in [4.69, 9.17) is 0 Å². The minimum absolute atomic E-state index is 1.17.